The van der Waals surface area contributed by atoms with Crippen LogP contribution in [-0.2, 0) is 0 Å². The summed E-state index contributed by atoms with van der Waals surface area (Å²) in [5, 5.41) is 8.65. The first-order valence-corrected chi connectivity index (χ1v) is 5.71. The van der Waals surface area contributed by atoms with Gasteiger partial charge in [0.05, 0.1) is 12.4 Å². The summed E-state index contributed by atoms with van der Waals surface area (Å²) in [7, 11) is 0. The van der Waals surface area contributed by atoms with Crippen molar-refractivity contribution in [1.82, 2.24) is 9.97 Å². The predicted molar refractivity (Wildman–Crippen MR) is 61.9 cm³/mol. The van der Waals surface area contributed by atoms with Gasteiger partial charge in [-0.15, -0.1) is 0 Å². The first kappa shape index (κ1) is 10.9. The second kappa shape index (κ2) is 4.48. The average Bonchev–Trinajstić information content (AvgIpc) is 2.71. The Kier molecular flexibility index (Phi) is 3.04. The summed E-state index contributed by atoms with van der Waals surface area (Å²) >= 11 is 0. The van der Waals surface area contributed by atoms with Gasteiger partial charge in [0.1, 0.15) is 11.9 Å². The molecule has 0 saturated carbocycles. The molecule has 2 rings (SSSR count). The minimum atomic E-state index is 0.378. The molecule has 0 aliphatic carbocycles. The van der Waals surface area contributed by atoms with Crippen LogP contribution in [0.3, 0.4) is 0 Å². The molecule has 0 bridgehead atoms. The SMILES string of the molecule is CCC1CN(c2cnc(C#N)cn2)CC1C. The minimum Gasteiger partial charge on any atom is -0.355 e. The van der Waals surface area contributed by atoms with Gasteiger partial charge in [0, 0.05) is 13.1 Å². The fraction of sp³-hybridized carbons (Fsp3) is 0.583. The largest absolute Gasteiger partial charge is 0.355 e. The molecule has 1 aromatic heterocycles. The molecule has 0 amide bonds. The molecule has 16 heavy (non-hydrogen) atoms. The predicted octanol–water partition coefficient (Wildman–Crippen LogP) is 1.83. The van der Waals surface area contributed by atoms with Crippen LogP contribution in [0.5, 0.6) is 0 Å². The molecule has 1 fully saturated rings. The van der Waals surface area contributed by atoms with E-state index < -0.39 is 0 Å². The summed E-state index contributed by atoms with van der Waals surface area (Å²) in [5.74, 6) is 2.35. The first-order valence-electron chi connectivity index (χ1n) is 5.71. The Morgan fingerprint density at radius 2 is 2.25 bits per heavy atom. The molecule has 2 unspecified atom stereocenters. The lowest BCUT2D eigenvalue weighted by Gasteiger charge is -2.16. The molecule has 2 atom stereocenters. The van der Waals surface area contributed by atoms with Crippen molar-refractivity contribution >= 4 is 5.82 Å². The minimum absolute atomic E-state index is 0.378. The van der Waals surface area contributed by atoms with Crippen LogP contribution in [0.2, 0.25) is 0 Å². The zero-order chi connectivity index (χ0) is 11.5. The van der Waals surface area contributed by atoms with Crippen molar-refractivity contribution in [2.45, 2.75) is 20.3 Å². The van der Waals surface area contributed by atoms with Crippen LogP contribution in [0.15, 0.2) is 12.4 Å². The van der Waals surface area contributed by atoms with Gasteiger partial charge in [-0.05, 0) is 11.8 Å². The van der Waals surface area contributed by atoms with E-state index in [-0.39, 0.29) is 0 Å². The van der Waals surface area contributed by atoms with Crippen molar-refractivity contribution in [1.29, 1.82) is 5.26 Å². The molecule has 2 heterocycles. The molecule has 1 aliphatic heterocycles. The van der Waals surface area contributed by atoms with Gasteiger partial charge in [-0.25, -0.2) is 9.97 Å². The van der Waals surface area contributed by atoms with Gasteiger partial charge in [0.2, 0.25) is 0 Å². The van der Waals surface area contributed by atoms with Crippen molar-refractivity contribution < 1.29 is 0 Å². The number of anilines is 1. The van der Waals surface area contributed by atoms with E-state index in [1.165, 1.54) is 6.42 Å². The summed E-state index contributed by atoms with van der Waals surface area (Å²) in [6.07, 6.45) is 4.45. The molecule has 0 spiro atoms. The van der Waals surface area contributed by atoms with E-state index in [4.69, 9.17) is 5.26 Å². The number of hydrogen-bond donors (Lipinski definition) is 0. The molecule has 4 heteroatoms. The van der Waals surface area contributed by atoms with Gasteiger partial charge in [-0.3, -0.25) is 0 Å². The van der Waals surface area contributed by atoms with Crippen molar-refractivity contribution in [2.75, 3.05) is 18.0 Å². The second-order valence-corrected chi connectivity index (χ2v) is 4.42. The van der Waals surface area contributed by atoms with Crippen LogP contribution in [0, 0.1) is 23.2 Å². The second-order valence-electron chi connectivity index (χ2n) is 4.42. The van der Waals surface area contributed by atoms with Gasteiger partial charge in [0.25, 0.3) is 0 Å². The van der Waals surface area contributed by atoms with Crippen LogP contribution >= 0.6 is 0 Å². The van der Waals surface area contributed by atoms with E-state index in [1.54, 1.807) is 12.4 Å². The Labute approximate surface area is 95.9 Å². The molecule has 84 valence electrons. The van der Waals surface area contributed by atoms with Gasteiger partial charge in [-0.1, -0.05) is 20.3 Å². The van der Waals surface area contributed by atoms with Gasteiger partial charge >= 0.3 is 0 Å². The maximum Gasteiger partial charge on any atom is 0.158 e. The molecule has 0 aromatic carbocycles. The quantitative estimate of drug-likeness (QED) is 0.756. The van der Waals surface area contributed by atoms with E-state index in [1.807, 2.05) is 6.07 Å². The summed E-state index contributed by atoms with van der Waals surface area (Å²) in [5.41, 5.74) is 0.378. The van der Waals surface area contributed by atoms with Crippen LogP contribution in [0.25, 0.3) is 0 Å². The third-order valence-corrected chi connectivity index (χ3v) is 3.37. The third-order valence-electron chi connectivity index (χ3n) is 3.37. The lowest BCUT2D eigenvalue weighted by atomic mass is 9.96. The molecule has 1 aliphatic rings. The molecule has 1 saturated heterocycles. The fourth-order valence-electron chi connectivity index (χ4n) is 2.30. The first-order chi connectivity index (χ1) is 7.74. The van der Waals surface area contributed by atoms with E-state index in [9.17, 15) is 0 Å². The molecular formula is C12H16N4. The fourth-order valence-corrected chi connectivity index (χ4v) is 2.30. The van der Waals surface area contributed by atoms with E-state index in [0.717, 1.165) is 24.8 Å². The summed E-state index contributed by atoms with van der Waals surface area (Å²) in [6, 6.07) is 1.98. The highest BCUT2D eigenvalue weighted by Crippen LogP contribution is 2.28. The Hall–Kier alpha value is -1.63. The lowest BCUT2D eigenvalue weighted by Crippen LogP contribution is -2.21. The number of rotatable bonds is 2. The van der Waals surface area contributed by atoms with E-state index in [2.05, 4.69) is 28.7 Å². The molecule has 0 N–H and O–H groups in total. The van der Waals surface area contributed by atoms with Gasteiger partial charge in [-0.2, -0.15) is 5.26 Å². The number of nitriles is 1. The van der Waals surface area contributed by atoms with Crippen LogP contribution in [0.4, 0.5) is 5.82 Å². The Morgan fingerprint density at radius 1 is 1.44 bits per heavy atom. The maximum absolute atomic E-state index is 8.65. The highest BCUT2D eigenvalue weighted by atomic mass is 15.2. The Morgan fingerprint density at radius 3 is 2.75 bits per heavy atom. The topological polar surface area (TPSA) is 52.8 Å². The van der Waals surface area contributed by atoms with Crippen molar-refractivity contribution in [3.05, 3.63) is 18.1 Å². The lowest BCUT2D eigenvalue weighted by molar-refractivity contribution is 0.440. The molecular weight excluding hydrogens is 200 g/mol. The molecule has 1 aromatic rings. The monoisotopic (exact) mass is 216 g/mol. The number of aromatic nitrogens is 2. The van der Waals surface area contributed by atoms with Crippen molar-refractivity contribution in [3.8, 4) is 6.07 Å². The van der Waals surface area contributed by atoms with Crippen molar-refractivity contribution in [3.63, 3.8) is 0 Å². The Bertz CT molecular complexity index is 392. The van der Waals surface area contributed by atoms with Gasteiger partial charge < -0.3 is 4.90 Å². The van der Waals surface area contributed by atoms with Crippen LogP contribution in [0.1, 0.15) is 26.0 Å². The standard InChI is InChI=1S/C12H16N4/c1-3-10-8-16(7-9(10)2)12-6-14-11(4-13)5-15-12/h5-6,9-10H,3,7-8H2,1-2H3. The van der Waals surface area contributed by atoms with E-state index >= 15 is 0 Å². The third kappa shape index (κ3) is 1.99. The van der Waals surface area contributed by atoms with Crippen LogP contribution in [-0.4, -0.2) is 23.1 Å². The van der Waals surface area contributed by atoms with Crippen LogP contribution < -0.4 is 4.90 Å². The smallest absolute Gasteiger partial charge is 0.158 e. The normalized spacial score (nSPS) is 24.4. The zero-order valence-electron chi connectivity index (χ0n) is 9.72. The van der Waals surface area contributed by atoms with Crippen molar-refractivity contribution in [2.24, 2.45) is 11.8 Å². The average molecular weight is 216 g/mol. The maximum atomic E-state index is 8.65. The zero-order valence-corrected chi connectivity index (χ0v) is 9.72. The summed E-state index contributed by atoms with van der Waals surface area (Å²) < 4.78 is 0. The van der Waals surface area contributed by atoms with Gasteiger partial charge in [0.15, 0.2) is 5.69 Å². The summed E-state index contributed by atoms with van der Waals surface area (Å²) in [4.78, 5) is 10.6. The molecule has 4 nitrogen and oxygen atoms in total. The number of hydrogen-bond acceptors (Lipinski definition) is 4. The highest BCUT2D eigenvalue weighted by Gasteiger charge is 2.28. The summed E-state index contributed by atoms with van der Waals surface area (Å²) in [6.45, 7) is 6.61. The number of nitrogens with zero attached hydrogens (tertiary/aromatic N) is 4. The highest BCUT2D eigenvalue weighted by molar-refractivity contribution is 5.38. The van der Waals surface area contributed by atoms with E-state index in [0.29, 0.717) is 11.6 Å². The molecule has 0 radical (unpaired) electrons. The Balaban J connectivity index is 2.11.